The standard InChI is InChI=1S/C24H32N4O7S/c1-5-14-25-24(30)20(6-2)26(16-18-10-8-7-9-11-18)23(29)17-27(36(4,33)34)21-15-19(28(31)32)12-13-22(21)35-3/h7-13,15,20H,5-6,14,16-17H2,1-4H3,(H,25,30). The first-order chi connectivity index (χ1) is 17.0. The lowest BCUT2D eigenvalue weighted by Crippen LogP contribution is -2.52. The van der Waals surface area contributed by atoms with Crippen LogP contribution in [0.5, 0.6) is 5.75 Å². The number of amides is 2. The highest BCUT2D eigenvalue weighted by Crippen LogP contribution is 2.34. The molecule has 0 aliphatic heterocycles. The third kappa shape index (κ3) is 7.41. The number of non-ortho nitro benzene ring substituents is 1. The second-order valence-corrected chi connectivity index (χ2v) is 10.0. The topological polar surface area (TPSA) is 139 Å². The van der Waals surface area contributed by atoms with E-state index >= 15 is 0 Å². The lowest BCUT2D eigenvalue weighted by molar-refractivity contribution is -0.384. The van der Waals surface area contributed by atoms with Crippen molar-refractivity contribution in [1.82, 2.24) is 10.2 Å². The Hall–Kier alpha value is -3.67. The van der Waals surface area contributed by atoms with Crippen LogP contribution in [0.3, 0.4) is 0 Å². The summed E-state index contributed by atoms with van der Waals surface area (Å²) in [7, 11) is -2.79. The molecule has 2 aromatic carbocycles. The van der Waals surface area contributed by atoms with Crippen molar-refractivity contribution >= 4 is 33.2 Å². The second kappa shape index (κ2) is 12.9. The van der Waals surface area contributed by atoms with Crippen LogP contribution in [0.15, 0.2) is 48.5 Å². The van der Waals surface area contributed by atoms with Crippen LogP contribution in [0.25, 0.3) is 0 Å². The highest BCUT2D eigenvalue weighted by molar-refractivity contribution is 7.92. The Labute approximate surface area is 211 Å². The van der Waals surface area contributed by atoms with Crippen molar-refractivity contribution in [1.29, 1.82) is 0 Å². The van der Waals surface area contributed by atoms with Crippen LogP contribution < -0.4 is 14.4 Å². The van der Waals surface area contributed by atoms with Gasteiger partial charge in [-0.3, -0.25) is 24.0 Å². The first-order valence-corrected chi connectivity index (χ1v) is 13.3. The zero-order valence-electron chi connectivity index (χ0n) is 20.8. The molecule has 0 aliphatic carbocycles. The third-order valence-electron chi connectivity index (χ3n) is 5.45. The summed E-state index contributed by atoms with van der Waals surface area (Å²) in [5.41, 5.74) is 0.246. The number of nitro groups is 1. The smallest absolute Gasteiger partial charge is 0.271 e. The first-order valence-electron chi connectivity index (χ1n) is 11.4. The van der Waals surface area contributed by atoms with Gasteiger partial charge in [-0.25, -0.2) is 8.42 Å². The Balaban J connectivity index is 2.52. The van der Waals surface area contributed by atoms with Crippen molar-refractivity contribution in [3.8, 4) is 5.75 Å². The van der Waals surface area contributed by atoms with Crippen molar-refractivity contribution in [2.75, 3.05) is 30.8 Å². The number of ether oxygens (including phenoxy) is 1. The molecule has 1 unspecified atom stereocenters. The Bertz CT molecular complexity index is 1170. The lowest BCUT2D eigenvalue weighted by Gasteiger charge is -2.33. The average molecular weight is 521 g/mol. The minimum atomic E-state index is -4.08. The maximum atomic E-state index is 13.6. The zero-order chi connectivity index (χ0) is 26.9. The van der Waals surface area contributed by atoms with Gasteiger partial charge in [0.05, 0.1) is 18.3 Å². The fourth-order valence-corrected chi connectivity index (χ4v) is 4.49. The molecule has 0 radical (unpaired) electrons. The quantitative estimate of drug-likeness (QED) is 0.316. The van der Waals surface area contributed by atoms with Gasteiger partial charge in [0.2, 0.25) is 21.8 Å². The number of methoxy groups -OCH3 is 1. The van der Waals surface area contributed by atoms with Crippen LogP contribution >= 0.6 is 0 Å². The van der Waals surface area contributed by atoms with E-state index in [0.29, 0.717) is 19.4 Å². The van der Waals surface area contributed by atoms with E-state index in [0.717, 1.165) is 22.2 Å². The summed E-state index contributed by atoms with van der Waals surface area (Å²) < 4.78 is 31.5. The predicted octanol–water partition coefficient (Wildman–Crippen LogP) is 2.70. The van der Waals surface area contributed by atoms with Crippen molar-refractivity contribution in [2.24, 2.45) is 0 Å². The molecule has 0 saturated heterocycles. The van der Waals surface area contributed by atoms with Crippen LogP contribution in [-0.2, 0) is 26.2 Å². The molecule has 11 nitrogen and oxygen atoms in total. The number of hydrogen-bond donors (Lipinski definition) is 1. The lowest BCUT2D eigenvalue weighted by atomic mass is 10.1. The summed E-state index contributed by atoms with van der Waals surface area (Å²) in [4.78, 5) is 38.5. The SMILES string of the molecule is CCCNC(=O)C(CC)N(Cc1ccccc1)C(=O)CN(c1cc([N+](=O)[O-])ccc1OC)S(C)(=O)=O. The van der Waals surface area contributed by atoms with E-state index in [4.69, 9.17) is 4.74 Å². The average Bonchev–Trinajstić information content (AvgIpc) is 2.85. The molecule has 0 spiro atoms. The van der Waals surface area contributed by atoms with Gasteiger partial charge in [-0.1, -0.05) is 44.2 Å². The largest absolute Gasteiger partial charge is 0.495 e. The highest BCUT2D eigenvalue weighted by atomic mass is 32.2. The van der Waals surface area contributed by atoms with Gasteiger partial charge in [0, 0.05) is 25.2 Å². The summed E-state index contributed by atoms with van der Waals surface area (Å²) in [6, 6.07) is 11.7. The van der Waals surface area contributed by atoms with Crippen molar-refractivity contribution in [3.63, 3.8) is 0 Å². The molecule has 0 heterocycles. The van der Waals surface area contributed by atoms with Gasteiger partial charge in [0.1, 0.15) is 24.0 Å². The fraction of sp³-hybridized carbons (Fsp3) is 0.417. The number of benzene rings is 2. The van der Waals surface area contributed by atoms with Gasteiger partial charge in [-0.15, -0.1) is 0 Å². The zero-order valence-corrected chi connectivity index (χ0v) is 21.7. The van der Waals surface area contributed by atoms with E-state index in [1.807, 2.05) is 13.0 Å². The highest BCUT2D eigenvalue weighted by Gasteiger charge is 2.33. The molecular weight excluding hydrogens is 488 g/mol. The minimum absolute atomic E-state index is 0.0427. The van der Waals surface area contributed by atoms with Crippen LogP contribution in [0.1, 0.15) is 32.3 Å². The number of hydrogen-bond acceptors (Lipinski definition) is 7. The van der Waals surface area contributed by atoms with Crippen LogP contribution in [0, 0.1) is 10.1 Å². The van der Waals surface area contributed by atoms with Gasteiger partial charge < -0.3 is 15.0 Å². The monoisotopic (exact) mass is 520 g/mol. The molecule has 0 bridgehead atoms. The summed E-state index contributed by atoms with van der Waals surface area (Å²) in [6.45, 7) is 3.50. The molecular formula is C24H32N4O7S. The summed E-state index contributed by atoms with van der Waals surface area (Å²) in [5, 5.41) is 14.1. The number of carbonyl (C=O) groups excluding carboxylic acids is 2. The van der Waals surface area contributed by atoms with E-state index in [2.05, 4.69) is 5.32 Å². The Morgan fingerprint density at radius 2 is 1.81 bits per heavy atom. The van der Waals surface area contributed by atoms with Crippen LogP contribution in [0.4, 0.5) is 11.4 Å². The Morgan fingerprint density at radius 1 is 1.14 bits per heavy atom. The maximum absolute atomic E-state index is 13.6. The molecule has 0 aromatic heterocycles. The van der Waals surface area contributed by atoms with Gasteiger partial charge in [-0.05, 0) is 24.5 Å². The molecule has 196 valence electrons. The Morgan fingerprint density at radius 3 is 2.33 bits per heavy atom. The number of rotatable bonds is 13. The summed E-state index contributed by atoms with van der Waals surface area (Å²) in [5.74, 6) is -0.944. The molecule has 2 amide bonds. The number of nitrogens with zero attached hydrogens (tertiary/aromatic N) is 3. The van der Waals surface area contributed by atoms with Gasteiger partial charge in [-0.2, -0.15) is 0 Å². The molecule has 1 atom stereocenters. The number of nitro benzene ring substituents is 1. The number of anilines is 1. The van der Waals surface area contributed by atoms with E-state index < -0.39 is 33.4 Å². The molecule has 0 saturated carbocycles. The molecule has 36 heavy (non-hydrogen) atoms. The number of carbonyl (C=O) groups is 2. The van der Waals surface area contributed by atoms with Gasteiger partial charge >= 0.3 is 0 Å². The van der Waals surface area contributed by atoms with E-state index in [-0.39, 0.29) is 29.6 Å². The maximum Gasteiger partial charge on any atom is 0.271 e. The van der Waals surface area contributed by atoms with Crippen LogP contribution in [-0.4, -0.2) is 62.6 Å². The Kier molecular flexibility index (Phi) is 10.2. The predicted molar refractivity (Wildman–Crippen MR) is 136 cm³/mol. The molecule has 2 aromatic rings. The third-order valence-corrected chi connectivity index (χ3v) is 6.58. The van der Waals surface area contributed by atoms with Crippen LogP contribution in [0.2, 0.25) is 0 Å². The molecule has 0 fully saturated rings. The number of sulfonamides is 1. The molecule has 2 rings (SSSR count). The first kappa shape index (κ1) is 28.6. The minimum Gasteiger partial charge on any atom is -0.495 e. The van der Waals surface area contributed by atoms with E-state index in [1.54, 1.807) is 31.2 Å². The molecule has 12 heteroatoms. The van der Waals surface area contributed by atoms with E-state index in [1.165, 1.54) is 24.1 Å². The van der Waals surface area contributed by atoms with E-state index in [9.17, 15) is 28.1 Å². The van der Waals surface area contributed by atoms with Crippen molar-refractivity contribution < 1.29 is 27.7 Å². The normalized spacial score (nSPS) is 11.9. The molecule has 1 N–H and O–H groups in total. The second-order valence-electron chi connectivity index (χ2n) is 8.11. The van der Waals surface area contributed by atoms with Gasteiger partial charge in [0.25, 0.3) is 5.69 Å². The summed E-state index contributed by atoms with van der Waals surface area (Å²) >= 11 is 0. The van der Waals surface area contributed by atoms with Crippen molar-refractivity contribution in [2.45, 2.75) is 39.3 Å². The van der Waals surface area contributed by atoms with Gasteiger partial charge in [0.15, 0.2) is 0 Å². The van der Waals surface area contributed by atoms with Crippen molar-refractivity contribution in [3.05, 3.63) is 64.2 Å². The number of nitrogens with one attached hydrogen (secondary N) is 1. The summed E-state index contributed by atoms with van der Waals surface area (Å²) in [6.07, 6.45) is 1.90. The fourth-order valence-electron chi connectivity index (χ4n) is 3.65. The molecule has 0 aliphatic rings.